The fourth-order valence-corrected chi connectivity index (χ4v) is 4.32. The van der Waals surface area contributed by atoms with Gasteiger partial charge in [-0.2, -0.15) is 0 Å². The van der Waals surface area contributed by atoms with Crippen LogP contribution in [0.3, 0.4) is 0 Å². The van der Waals surface area contributed by atoms with Crippen molar-refractivity contribution in [3.63, 3.8) is 0 Å². The van der Waals surface area contributed by atoms with Crippen molar-refractivity contribution in [1.82, 2.24) is 15.0 Å². The van der Waals surface area contributed by atoms with E-state index in [1.165, 1.54) is 0 Å². The maximum absolute atomic E-state index is 9.80. The molecule has 4 rings (SSSR count). The predicted octanol–water partition coefficient (Wildman–Crippen LogP) is 2.32. The molecule has 2 heterocycles. The number of aromatic nitrogens is 3. The van der Waals surface area contributed by atoms with Crippen LogP contribution in [0.1, 0.15) is 31.4 Å². The number of anilines is 1. The Morgan fingerprint density at radius 3 is 2.55 bits per heavy atom. The highest BCUT2D eigenvalue weighted by molar-refractivity contribution is 5.85. The third-order valence-electron chi connectivity index (χ3n) is 5.45. The van der Waals surface area contributed by atoms with Gasteiger partial charge in [-0.1, -0.05) is 0 Å². The standard InChI is InChI=1S/C17H22N4O/c1-10-3-4-15-16(20-10)17(19-9-18-15)21(2)13-5-11-7-14(22)8-12(11)6-13/h3-4,9,11-14,22H,5-8H2,1-2H3/t11-,12+,13?,14?. The summed E-state index contributed by atoms with van der Waals surface area (Å²) >= 11 is 0. The number of hydrogen-bond donors (Lipinski definition) is 1. The molecule has 5 nitrogen and oxygen atoms in total. The lowest BCUT2D eigenvalue weighted by Crippen LogP contribution is -2.31. The van der Waals surface area contributed by atoms with Gasteiger partial charge in [0.1, 0.15) is 11.8 Å². The molecule has 2 aliphatic rings. The normalized spacial score (nSPS) is 30.7. The van der Waals surface area contributed by atoms with Crippen molar-refractivity contribution in [1.29, 1.82) is 0 Å². The number of aliphatic hydroxyl groups is 1. The summed E-state index contributed by atoms with van der Waals surface area (Å²) in [5, 5.41) is 9.80. The average molecular weight is 298 g/mol. The third kappa shape index (κ3) is 2.24. The molecule has 2 aromatic rings. The van der Waals surface area contributed by atoms with Crippen LogP contribution in [-0.4, -0.2) is 39.3 Å². The van der Waals surface area contributed by atoms with Gasteiger partial charge < -0.3 is 10.0 Å². The van der Waals surface area contributed by atoms with Crippen molar-refractivity contribution >= 4 is 16.9 Å². The number of hydrogen-bond acceptors (Lipinski definition) is 5. The van der Waals surface area contributed by atoms with E-state index in [-0.39, 0.29) is 6.10 Å². The second kappa shape index (κ2) is 5.16. The molecule has 1 N–H and O–H groups in total. The number of rotatable bonds is 2. The van der Waals surface area contributed by atoms with Gasteiger partial charge in [-0.05, 0) is 56.6 Å². The Morgan fingerprint density at radius 1 is 1.09 bits per heavy atom. The summed E-state index contributed by atoms with van der Waals surface area (Å²) in [5.74, 6) is 2.27. The van der Waals surface area contributed by atoms with E-state index in [0.29, 0.717) is 17.9 Å². The smallest absolute Gasteiger partial charge is 0.158 e. The number of pyridine rings is 1. The van der Waals surface area contributed by atoms with E-state index in [1.807, 2.05) is 19.1 Å². The lowest BCUT2D eigenvalue weighted by Gasteiger charge is -2.27. The van der Waals surface area contributed by atoms with Gasteiger partial charge >= 0.3 is 0 Å². The van der Waals surface area contributed by atoms with Crippen molar-refractivity contribution in [2.45, 2.75) is 44.8 Å². The van der Waals surface area contributed by atoms with E-state index in [4.69, 9.17) is 0 Å². The lowest BCUT2D eigenvalue weighted by molar-refractivity contribution is 0.171. The summed E-state index contributed by atoms with van der Waals surface area (Å²) in [5.41, 5.74) is 2.78. The number of aliphatic hydroxyl groups excluding tert-OH is 1. The summed E-state index contributed by atoms with van der Waals surface area (Å²) in [6, 6.07) is 4.49. The van der Waals surface area contributed by atoms with Gasteiger partial charge in [-0.25, -0.2) is 15.0 Å². The SMILES string of the molecule is Cc1ccc2ncnc(N(C)C3C[C@H]4CC(O)C[C@H]4C3)c2n1. The molecule has 0 saturated heterocycles. The second-order valence-electron chi connectivity index (χ2n) is 6.90. The topological polar surface area (TPSA) is 62.1 Å². The molecule has 2 unspecified atom stereocenters. The zero-order valence-corrected chi connectivity index (χ0v) is 13.1. The van der Waals surface area contributed by atoms with Gasteiger partial charge in [0.25, 0.3) is 0 Å². The van der Waals surface area contributed by atoms with Gasteiger partial charge in [0.15, 0.2) is 5.82 Å². The predicted molar refractivity (Wildman–Crippen MR) is 85.7 cm³/mol. The van der Waals surface area contributed by atoms with Crippen LogP contribution in [-0.2, 0) is 0 Å². The largest absolute Gasteiger partial charge is 0.393 e. The van der Waals surface area contributed by atoms with Crippen LogP contribution < -0.4 is 4.90 Å². The van der Waals surface area contributed by atoms with Crippen LogP contribution in [0.5, 0.6) is 0 Å². The maximum atomic E-state index is 9.80. The molecule has 0 bridgehead atoms. The molecule has 116 valence electrons. The summed E-state index contributed by atoms with van der Waals surface area (Å²) in [6.07, 6.45) is 5.79. The van der Waals surface area contributed by atoms with Gasteiger partial charge in [-0.15, -0.1) is 0 Å². The van der Waals surface area contributed by atoms with Crippen LogP contribution in [0.4, 0.5) is 5.82 Å². The molecule has 2 aromatic heterocycles. The molecule has 0 radical (unpaired) electrons. The Kier molecular flexibility index (Phi) is 3.26. The Labute approximate surface area is 130 Å². The van der Waals surface area contributed by atoms with Crippen LogP contribution >= 0.6 is 0 Å². The van der Waals surface area contributed by atoms with Gasteiger partial charge in [0.2, 0.25) is 0 Å². The molecule has 22 heavy (non-hydrogen) atoms. The van der Waals surface area contributed by atoms with Crippen LogP contribution in [0.25, 0.3) is 11.0 Å². The first kappa shape index (κ1) is 13.9. The first-order valence-corrected chi connectivity index (χ1v) is 8.11. The maximum Gasteiger partial charge on any atom is 0.158 e. The zero-order valence-electron chi connectivity index (χ0n) is 13.1. The van der Waals surface area contributed by atoms with Crippen molar-refractivity contribution in [3.05, 3.63) is 24.2 Å². The highest BCUT2D eigenvalue weighted by atomic mass is 16.3. The Hall–Kier alpha value is -1.75. The fraction of sp³-hybridized carbons (Fsp3) is 0.588. The second-order valence-corrected chi connectivity index (χ2v) is 6.90. The van der Waals surface area contributed by atoms with Gasteiger partial charge in [-0.3, -0.25) is 0 Å². The molecule has 2 fully saturated rings. The molecule has 0 spiro atoms. The van der Waals surface area contributed by atoms with Gasteiger partial charge in [0, 0.05) is 18.8 Å². The van der Waals surface area contributed by atoms with E-state index < -0.39 is 0 Å². The number of fused-ring (bicyclic) bond motifs is 2. The van der Waals surface area contributed by atoms with Gasteiger partial charge in [0.05, 0.1) is 11.6 Å². The molecular formula is C17H22N4O. The van der Waals surface area contributed by atoms with E-state index in [0.717, 1.165) is 48.2 Å². The minimum Gasteiger partial charge on any atom is -0.393 e. The highest BCUT2D eigenvalue weighted by Gasteiger charge is 2.42. The number of aryl methyl sites for hydroxylation is 1. The third-order valence-corrected chi connectivity index (χ3v) is 5.45. The molecule has 5 heteroatoms. The van der Waals surface area contributed by atoms with Crippen molar-refractivity contribution in [2.75, 3.05) is 11.9 Å². The molecule has 0 amide bonds. The summed E-state index contributed by atoms with van der Waals surface area (Å²) < 4.78 is 0. The van der Waals surface area contributed by atoms with Crippen LogP contribution in [0.15, 0.2) is 18.5 Å². The van der Waals surface area contributed by atoms with E-state index in [2.05, 4.69) is 26.9 Å². The summed E-state index contributed by atoms with van der Waals surface area (Å²) in [4.78, 5) is 15.8. The molecular weight excluding hydrogens is 276 g/mol. The van der Waals surface area contributed by atoms with E-state index >= 15 is 0 Å². The Morgan fingerprint density at radius 2 is 1.82 bits per heavy atom. The van der Waals surface area contributed by atoms with Crippen LogP contribution in [0.2, 0.25) is 0 Å². The van der Waals surface area contributed by atoms with E-state index in [1.54, 1.807) is 6.33 Å². The summed E-state index contributed by atoms with van der Waals surface area (Å²) in [7, 11) is 2.12. The van der Waals surface area contributed by atoms with Crippen molar-refractivity contribution in [2.24, 2.45) is 11.8 Å². The number of nitrogens with zero attached hydrogens (tertiary/aromatic N) is 4. The first-order valence-electron chi connectivity index (χ1n) is 8.11. The molecule has 2 saturated carbocycles. The lowest BCUT2D eigenvalue weighted by atomic mass is 10.0. The van der Waals surface area contributed by atoms with Crippen molar-refractivity contribution < 1.29 is 5.11 Å². The monoisotopic (exact) mass is 298 g/mol. The summed E-state index contributed by atoms with van der Waals surface area (Å²) in [6.45, 7) is 2.00. The molecule has 4 atom stereocenters. The Bertz CT molecular complexity index is 690. The minimum absolute atomic E-state index is 0.0783. The first-order chi connectivity index (χ1) is 10.6. The average Bonchev–Trinajstić information content (AvgIpc) is 3.03. The Balaban J connectivity index is 1.64. The van der Waals surface area contributed by atoms with Crippen molar-refractivity contribution in [3.8, 4) is 0 Å². The van der Waals surface area contributed by atoms with E-state index in [9.17, 15) is 5.11 Å². The zero-order chi connectivity index (χ0) is 15.3. The quantitative estimate of drug-likeness (QED) is 0.922. The molecule has 2 aliphatic carbocycles. The molecule has 0 aliphatic heterocycles. The van der Waals surface area contributed by atoms with Crippen LogP contribution in [0, 0.1) is 18.8 Å². The highest BCUT2D eigenvalue weighted by Crippen LogP contribution is 2.46. The molecule has 0 aromatic carbocycles. The fourth-order valence-electron chi connectivity index (χ4n) is 4.32. The minimum atomic E-state index is -0.0783.